The van der Waals surface area contributed by atoms with Crippen LogP contribution in [-0.2, 0) is 16.1 Å². The third-order valence-electron chi connectivity index (χ3n) is 3.39. The Hall–Kier alpha value is -2.83. The number of nitrogens with one attached hydrogen (secondary N) is 2. The molecule has 0 aliphatic carbocycles. The molecule has 1 heterocycles. The Morgan fingerprint density at radius 2 is 1.85 bits per heavy atom. The van der Waals surface area contributed by atoms with Crippen LogP contribution in [-0.4, -0.2) is 29.3 Å². The zero-order valence-electron chi connectivity index (χ0n) is 15.6. The smallest absolute Gasteiger partial charge is 0.407 e. The predicted octanol–water partition coefficient (Wildman–Crippen LogP) is 3.18. The minimum atomic E-state index is -0.562. The van der Waals surface area contributed by atoms with Crippen molar-refractivity contribution in [1.82, 2.24) is 15.8 Å². The Morgan fingerprint density at radius 3 is 2.50 bits per heavy atom. The summed E-state index contributed by atoms with van der Waals surface area (Å²) in [5.41, 5.74) is 2.29. The minimum Gasteiger partial charge on any atom is -0.444 e. The number of benzene rings is 1. The van der Waals surface area contributed by atoms with E-state index in [4.69, 9.17) is 9.26 Å². The van der Waals surface area contributed by atoms with Crippen LogP contribution < -0.4 is 10.6 Å². The van der Waals surface area contributed by atoms with Gasteiger partial charge in [0.25, 0.3) is 0 Å². The van der Waals surface area contributed by atoms with Crippen LogP contribution in [0.15, 0.2) is 34.9 Å². The predicted molar refractivity (Wildman–Crippen MR) is 97.4 cm³/mol. The third kappa shape index (κ3) is 6.58. The molecule has 0 unspecified atom stereocenters. The number of hydrogen-bond acceptors (Lipinski definition) is 5. The van der Waals surface area contributed by atoms with Crippen LogP contribution in [0.1, 0.15) is 38.5 Å². The van der Waals surface area contributed by atoms with Crippen LogP contribution in [0.2, 0.25) is 0 Å². The summed E-state index contributed by atoms with van der Waals surface area (Å²) in [5, 5.41) is 9.28. The first-order chi connectivity index (χ1) is 12.2. The Labute approximate surface area is 153 Å². The number of nitrogens with zero attached hydrogens (tertiary/aromatic N) is 1. The molecule has 140 valence electrons. The molecule has 26 heavy (non-hydrogen) atoms. The molecule has 0 atom stereocenters. The molecule has 0 aliphatic heterocycles. The molecule has 0 saturated carbocycles. The number of rotatable bonds is 6. The van der Waals surface area contributed by atoms with Gasteiger partial charge in [0.15, 0.2) is 5.76 Å². The number of alkyl carbamates (subject to hydrolysis) is 1. The fourth-order valence-corrected chi connectivity index (χ4v) is 2.12. The van der Waals surface area contributed by atoms with E-state index in [1.165, 1.54) is 5.56 Å². The second-order valence-electron chi connectivity index (χ2n) is 7.00. The molecule has 0 spiro atoms. The Bertz CT molecular complexity index is 745. The van der Waals surface area contributed by atoms with Crippen LogP contribution in [0.25, 0.3) is 11.3 Å². The monoisotopic (exact) mass is 359 g/mol. The molecule has 7 nitrogen and oxygen atoms in total. The molecule has 1 aromatic heterocycles. The summed E-state index contributed by atoms with van der Waals surface area (Å²) in [7, 11) is 0. The van der Waals surface area contributed by atoms with Crippen LogP contribution in [0.4, 0.5) is 4.79 Å². The fraction of sp³-hybridized carbons (Fsp3) is 0.421. The molecule has 0 fully saturated rings. The molecule has 0 saturated heterocycles. The maximum atomic E-state index is 11.8. The Kier molecular flexibility index (Phi) is 6.38. The van der Waals surface area contributed by atoms with Gasteiger partial charge >= 0.3 is 6.09 Å². The summed E-state index contributed by atoms with van der Waals surface area (Å²) in [6, 6.07) is 9.74. The molecule has 0 bridgehead atoms. The van der Waals surface area contributed by atoms with Gasteiger partial charge in [-0.3, -0.25) is 4.79 Å². The zero-order valence-corrected chi connectivity index (χ0v) is 15.6. The lowest BCUT2D eigenvalue weighted by Gasteiger charge is -2.19. The lowest BCUT2D eigenvalue weighted by Crippen LogP contribution is -2.35. The molecule has 2 aromatic rings. The molecule has 2 N–H and O–H groups in total. The average molecular weight is 359 g/mol. The molecule has 0 radical (unpaired) electrons. The van der Waals surface area contributed by atoms with Gasteiger partial charge in [0.05, 0.1) is 6.54 Å². The van der Waals surface area contributed by atoms with Crippen molar-refractivity contribution < 1.29 is 18.8 Å². The summed E-state index contributed by atoms with van der Waals surface area (Å²) in [4.78, 5) is 23.3. The maximum absolute atomic E-state index is 11.8. The SMILES string of the molecule is Cc1ccc(-c2cc(CNC(=O)CCNC(=O)OC(C)(C)C)on2)cc1. The molecule has 2 amide bonds. The van der Waals surface area contributed by atoms with E-state index < -0.39 is 11.7 Å². The summed E-state index contributed by atoms with van der Waals surface area (Å²) >= 11 is 0. The first-order valence-electron chi connectivity index (χ1n) is 8.49. The van der Waals surface area contributed by atoms with Gasteiger partial charge in [-0.2, -0.15) is 0 Å². The average Bonchev–Trinajstić information content (AvgIpc) is 3.01. The van der Waals surface area contributed by atoms with Gasteiger partial charge in [-0.25, -0.2) is 4.79 Å². The highest BCUT2D eigenvalue weighted by molar-refractivity contribution is 5.77. The van der Waals surface area contributed by atoms with E-state index >= 15 is 0 Å². The highest BCUT2D eigenvalue weighted by atomic mass is 16.6. The second kappa shape index (κ2) is 8.51. The van der Waals surface area contributed by atoms with Crippen molar-refractivity contribution in [3.63, 3.8) is 0 Å². The number of carbonyl (C=O) groups excluding carboxylic acids is 2. The Balaban J connectivity index is 1.73. The number of aryl methyl sites for hydroxylation is 1. The van der Waals surface area contributed by atoms with Crippen molar-refractivity contribution in [3.05, 3.63) is 41.7 Å². The van der Waals surface area contributed by atoms with Crippen LogP contribution >= 0.6 is 0 Å². The van der Waals surface area contributed by atoms with E-state index in [1.807, 2.05) is 31.2 Å². The van der Waals surface area contributed by atoms with E-state index in [2.05, 4.69) is 15.8 Å². The first-order valence-corrected chi connectivity index (χ1v) is 8.49. The quantitative estimate of drug-likeness (QED) is 0.826. The van der Waals surface area contributed by atoms with Crippen LogP contribution in [0.5, 0.6) is 0 Å². The number of carbonyl (C=O) groups is 2. The Morgan fingerprint density at radius 1 is 1.15 bits per heavy atom. The van der Waals surface area contributed by atoms with Crippen molar-refractivity contribution >= 4 is 12.0 Å². The van der Waals surface area contributed by atoms with E-state index in [9.17, 15) is 9.59 Å². The van der Waals surface area contributed by atoms with Crippen molar-refractivity contribution in [2.45, 2.75) is 46.3 Å². The van der Waals surface area contributed by atoms with Crippen LogP contribution in [0, 0.1) is 6.92 Å². The van der Waals surface area contributed by atoms with Crippen molar-refractivity contribution in [1.29, 1.82) is 0 Å². The van der Waals surface area contributed by atoms with Gasteiger partial charge in [0.1, 0.15) is 11.3 Å². The van der Waals surface area contributed by atoms with Gasteiger partial charge in [0.2, 0.25) is 5.91 Å². The number of ether oxygens (including phenoxy) is 1. The summed E-state index contributed by atoms with van der Waals surface area (Å²) in [6.07, 6.45) is -0.388. The molecule has 2 rings (SSSR count). The molecular formula is C19H25N3O4. The lowest BCUT2D eigenvalue weighted by molar-refractivity contribution is -0.121. The fourth-order valence-electron chi connectivity index (χ4n) is 2.12. The van der Waals surface area contributed by atoms with Gasteiger partial charge in [-0.05, 0) is 27.7 Å². The molecule has 1 aromatic carbocycles. The summed E-state index contributed by atoms with van der Waals surface area (Å²) < 4.78 is 10.3. The highest BCUT2D eigenvalue weighted by Crippen LogP contribution is 2.19. The van der Waals surface area contributed by atoms with E-state index in [0.717, 1.165) is 11.3 Å². The first kappa shape index (κ1) is 19.5. The second-order valence-corrected chi connectivity index (χ2v) is 7.00. The van der Waals surface area contributed by atoms with Gasteiger partial charge in [0, 0.05) is 24.6 Å². The van der Waals surface area contributed by atoms with Crippen molar-refractivity contribution in [2.24, 2.45) is 0 Å². The number of hydrogen-bond donors (Lipinski definition) is 2. The summed E-state index contributed by atoms with van der Waals surface area (Å²) in [5.74, 6) is 0.364. The largest absolute Gasteiger partial charge is 0.444 e. The third-order valence-corrected chi connectivity index (χ3v) is 3.39. The van der Waals surface area contributed by atoms with Gasteiger partial charge in [-0.1, -0.05) is 35.0 Å². The van der Waals surface area contributed by atoms with Gasteiger partial charge < -0.3 is 19.9 Å². The van der Waals surface area contributed by atoms with Crippen LogP contribution in [0.3, 0.4) is 0 Å². The topological polar surface area (TPSA) is 93.5 Å². The summed E-state index contributed by atoms with van der Waals surface area (Å²) in [6.45, 7) is 7.80. The molecular weight excluding hydrogens is 334 g/mol. The normalized spacial score (nSPS) is 11.1. The van der Waals surface area contributed by atoms with E-state index in [-0.39, 0.29) is 25.4 Å². The number of amides is 2. The van der Waals surface area contributed by atoms with E-state index in [0.29, 0.717) is 5.76 Å². The standard InChI is InChI=1S/C19H25N3O4/c1-13-5-7-14(8-6-13)16-11-15(26-22-16)12-21-17(23)9-10-20-18(24)25-19(2,3)4/h5-8,11H,9-10,12H2,1-4H3,(H,20,24)(H,21,23). The van der Waals surface area contributed by atoms with Crippen molar-refractivity contribution in [2.75, 3.05) is 6.54 Å². The number of aromatic nitrogens is 1. The zero-order chi connectivity index (χ0) is 19.2. The highest BCUT2D eigenvalue weighted by Gasteiger charge is 2.16. The molecule has 7 heteroatoms. The molecule has 0 aliphatic rings. The lowest BCUT2D eigenvalue weighted by atomic mass is 10.1. The maximum Gasteiger partial charge on any atom is 0.407 e. The van der Waals surface area contributed by atoms with E-state index in [1.54, 1.807) is 26.8 Å². The van der Waals surface area contributed by atoms with Gasteiger partial charge in [-0.15, -0.1) is 0 Å². The minimum absolute atomic E-state index is 0.151. The van der Waals surface area contributed by atoms with Crippen molar-refractivity contribution in [3.8, 4) is 11.3 Å².